The van der Waals surface area contributed by atoms with Gasteiger partial charge in [-0.15, -0.1) is 0 Å². The summed E-state index contributed by atoms with van der Waals surface area (Å²) < 4.78 is 41.6. The van der Waals surface area contributed by atoms with E-state index in [-0.39, 0.29) is 6.42 Å². The van der Waals surface area contributed by atoms with Crippen LogP contribution in [0.3, 0.4) is 0 Å². The summed E-state index contributed by atoms with van der Waals surface area (Å²) in [5.41, 5.74) is 12.1. The Bertz CT molecular complexity index is 989. The number of halogens is 3. The molecule has 0 aliphatic rings. The summed E-state index contributed by atoms with van der Waals surface area (Å²) in [6, 6.07) is 9.03. The molecule has 0 bridgehead atoms. The number of hydrogen-bond donors (Lipinski definition) is 4. The second kappa shape index (κ2) is 13.2. The highest BCUT2D eigenvalue weighted by atomic mass is 19.2. The number of nitrogens with zero attached hydrogens (tertiary/aromatic N) is 1. The zero-order valence-electron chi connectivity index (χ0n) is 20.2. The minimum absolute atomic E-state index is 0.194. The first-order chi connectivity index (χ1) is 16.5. The number of likely N-dealkylation sites (N-methyl/N-ethyl adjacent to an activating group) is 1. The fraction of sp³-hybridized carbons (Fsp3) is 0.440. The van der Waals surface area contributed by atoms with E-state index >= 15 is 0 Å². The van der Waals surface area contributed by atoms with Crippen molar-refractivity contribution in [3.8, 4) is 0 Å². The Hall–Kier alpha value is -2.95. The highest BCUT2D eigenvalue weighted by Crippen LogP contribution is 2.20. The number of amides is 2. The topological polar surface area (TPSA) is 110 Å². The first kappa shape index (κ1) is 28.3. The molecule has 0 aliphatic heterocycles. The standard InChI is InChI=1S/C25H34F3N5O2/c1-33(2,16-14-29)15-6-9-19(30)24(34)32-21(12-10-17-7-4-3-5-8-17)25(35)31-20-13-11-18(26)22(27)23(20)28/h3-5,7-8,11,13,19,21H,6,9-10,12,14-16,29-30H2,1-2H3,(H-,31,32,34,35)/p+1/t19-,21+/m0/s1. The molecule has 0 aliphatic carbocycles. The number of benzene rings is 2. The van der Waals surface area contributed by atoms with E-state index < -0.39 is 47.0 Å². The lowest BCUT2D eigenvalue weighted by Gasteiger charge is -2.29. The van der Waals surface area contributed by atoms with Crippen molar-refractivity contribution in [3.05, 3.63) is 65.5 Å². The third kappa shape index (κ3) is 8.97. The van der Waals surface area contributed by atoms with Crippen molar-refractivity contribution in [1.29, 1.82) is 0 Å². The lowest BCUT2D eigenvalue weighted by atomic mass is 10.0. The molecule has 2 atom stereocenters. The Morgan fingerprint density at radius 2 is 1.63 bits per heavy atom. The first-order valence-electron chi connectivity index (χ1n) is 11.6. The van der Waals surface area contributed by atoms with Gasteiger partial charge < -0.3 is 26.6 Å². The van der Waals surface area contributed by atoms with E-state index in [0.717, 1.165) is 24.7 Å². The van der Waals surface area contributed by atoms with Crippen molar-refractivity contribution >= 4 is 17.5 Å². The molecule has 2 aromatic rings. The molecule has 2 amide bonds. The molecule has 192 valence electrons. The number of hydrogen-bond acceptors (Lipinski definition) is 4. The highest BCUT2D eigenvalue weighted by molar-refractivity contribution is 5.97. The summed E-state index contributed by atoms with van der Waals surface area (Å²) in [5.74, 6) is -5.85. The van der Waals surface area contributed by atoms with Gasteiger partial charge in [-0.1, -0.05) is 30.3 Å². The molecule has 10 heteroatoms. The molecule has 0 unspecified atom stereocenters. The highest BCUT2D eigenvalue weighted by Gasteiger charge is 2.26. The van der Waals surface area contributed by atoms with E-state index in [1.54, 1.807) is 0 Å². The molecule has 7 nitrogen and oxygen atoms in total. The van der Waals surface area contributed by atoms with Crippen molar-refractivity contribution < 1.29 is 27.2 Å². The van der Waals surface area contributed by atoms with Crippen LogP contribution in [0.15, 0.2) is 42.5 Å². The molecule has 0 saturated carbocycles. The molecular formula is C25H35F3N5O2+. The lowest BCUT2D eigenvalue weighted by molar-refractivity contribution is -0.889. The summed E-state index contributed by atoms with van der Waals surface area (Å²) in [6.07, 6.45) is 1.73. The Labute approximate surface area is 204 Å². The Balaban J connectivity index is 2.06. The molecule has 35 heavy (non-hydrogen) atoms. The van der Waals surface area contributed by atoms with Crippen LogP contribution in [-0.4, -0.2) is 62.1 Å². The van der Waals surface area contributed by atoms with Gasteiger partial charge in [0.1, 0.15) is 6.04 Å². The van der Waals surface area contributed by atoms with Crippen LogP contribution in [0, 0.1) is 17.5 Å². The number of aryl methyl sites for hydroxylation is 1. The molecule has 0 heterocycles. The molecule has 0 aromatic heterocycles. The first-order valence-corrected chi connectivity index (χ1v) is 11.6. The number of rotatable bonds is 13. The number of nitrogens with two attached hydrogens (primary N) is 2. The van der Waals surface area contributed by atoms with Crippen LogP contribution in [0.5, 0.6) is 0 Å². The van der Waals surface area contributed by atoms with Crippen LogP contribution in [0.2, 0.25) is 0 Å². The van der Waals surface area contributed by atoms with Gasteiger partial charge in [0.15, 0.2) is 17.5 Å². The van der Waals surface area contributed by atoms with Crippen molar-refractivity contribution in [2.45, 2.75) is 37.8 Å². The molecule has 6 N–H and O–H groups in total. The number of quaternary nitrogens is 1. The summed E-state index contributed by atoms with van der Waals surface area (Å²) in [6.45, 7) is 2.13. The van der Waals surface area contributed by atoms with Crippen molar-refractivity contribution in [3.63, 3.8) is 0 Å². The van der Waals surface area contributed by atoms with E-state index in [4.69, 9.17) is 11.5 Å². The second-order valence-corrected chi connectivity index (χ2v) is 9.22. The van der Waals surface area contributed by atoms with Crippen molar-refractivity contribution in [2.75, 3.05) is 39.0 Å². The number of carbonyl (C=O) groups is 2. The number of carbonyl (C=O) groups excluding carboxylic acids is 2. The van der Waals surface area contributed by atoms with Gasteiger partial charge in [-0.2, -0.15) is 0 Å². The second-order valence-electron chi connectivity index (χ2n) is 9.22. The van der Waals surface area contributed by atoms with E-state index in [1.165, 1.54) is 0 Å². The average Bonchev–Trinajstić information content (AvgIpc) is 2.82. The van der Waals surface area contributed by atoms with Crippen LogP contribution >= 0.6 is 0 Å². The minimum atomic E-state index is -1.69. The smallest absolute Gasteiger partial charge is 0.247 e. The largest absolute Gasteiger partial charge is 0.343 e. The number of anilines is 1. The van der Waals surface area contributed by atoms with Gasteiger partial charge in [-0.3, -0.25) is 9.59 Å². The molecule has 0 saturated heterocycles. The number of nitrogens with one attached hydrogen (secondary N) is 2. The maximum atomic E-state index is 14.1. The third-order valence-electron chi connectivity index (χ3n) is 5.84. The minimum Gasteiger partial charge on any atom is -0.343 e. The van der Waals surface area contributed by atoms with Crippen LogP contribution in [0.1, 0.15) is 24.8 Å². The molecule has 0 radical (unpaired) electrons. The Morgan fingerprint density at radius 3 is 2.29 bits per heavy atom. The lowest BCUT2D eigenvalue weighted by Crippen LogP contribution is -2.50. The van der Waals surface area contributed by atoms with Crippen LogP contribution in [0.25, 0.3) is 0 Å². The Kier molecular flexibility index (Phi) is 10.7. The van der Waals surface area contributed by atoms with Gasteiger partial charge in [-0.05, 0) is 43.4 Å². The van der Waals surface area contributed by atoms with E-state index in [9.17, 15) is 22.8 Å². The summed E-state index contributed by atoms with van der Waals surface area (Å²) in [7, 11) is 4.08. The normalized spacial score (nSPS) is 13.2. The summed E-state index contributed by atoms with van der Waals surface area (Å²) in [5, 5.41) is 4.88. The molecular weight excluding hydrogens is 459 g/mol. The molecule has 0 spiro atoms. The van der Waals surface area contributed by atoms with Gasteiger partial charge in [0.2, 0.25) is 11.8 Å². The zero-order valence-corrected chi connectivity index (χ0v) is 20.2. The van der Waals surface area contributed by atoms with Gasteiger partial charge in [-0.25, -0.2) is 13.2 Å². The maximum absolute atomic E-state index is 14.1. The monoisotopic (exact) mass is 494 g/mol. The molecule has 2 rings (SSSR count). The van der Waals surface area contributed by atoms with E-state index in [0.29, 0.717) is 36.4 Å². The van der Waals surface area contributed by atoms with Crippen LogP contribution in [0.4, 0.5) is 18.9 Å². The Morgan fingerprint density at radius 1 is 0.943 bits per heavy atom. The van der Waals surface area contributed by atoms with Crippen molar-refractivity contribution in [2.24, 2.45) is 11.5 Å². The van der Waals surface area contributed by atoms with Gasteiger partial charge in [0.05, 0.1) is 38.9 Å². The summed E-state index contributed by atoms with van der Waals surface area (Å²) >= 11 is 0. The average molecular weight is 495 g/mol. The van der Waals surface area contributed by atoms with E-state index in [2.05, 4.69) is 10.6 Å². The molecule has 2 aromatic carbocycles. The van der Waals surface area contributed by atoms with E-state index in [1.807, 2.05) is 44.4 Å². The summed E-state index contributed by atoms with van der Waals surface area (Å²) in [4.78, 5) is 25.6. The molecule has 0 fully saturated rings. The van der Waals surface area contributed by atoms with Gasteiger partial charge in [0.25, 0.3) is 0 Å². The third-order valence-corrected chi connectivity index (χ3v) is 5.84. The fourth-order valence-electron chi connectivity index (χ4n) is 3.68. The van der Waals surface area contributed by atoms with Gasteiger partial charge in [0, 0.05) is 6.54 Å². The SMILES string of the molecule is C[N+](C)(CCN)CCC[C@H](N)C(=O)N[C@H](CCc1ccccc1)C(=O)Nc1ccc(F)c(F)c1F. The predicted molar refractivity (Wildman–Crippen MR) is 130 cm³/mol. The quantitative estimate of drug-likeness (QED) is 0.253. The maximum Gasteiger partial charge on any atom is 0.247 e. The fourth-order valence-corrected chi connectivity index (χ4v) is 3.68. The predicted octanol–water partition coefficient (Wildman–Crippen LogP) is 2.30. The van der Waals surface area contributed by atoms with Crippen molar-refractivity contribution in [1.82, 2.24) is 5.32 Å². The van der Waals surface area contributed by atoms with Crippen LogP contribution in [-0.2, 0) is 16.0 Å². The van der Waals surface area contributed by atoms with Crippen LogP contribution < -0.4 is 22.1 Å². The zero-order chi connectivity index (χ0) is 26.0. The van der Waals surface area contributed by atoms with Gasteiger partial charge >= 0.3 is 0 Å².